The third-order valence-electron chi connectivity index (χ3n) is 2.43. The molecule has 3 heteroatoms. The van der Waals surface area contributed by atoms with Crippen molar-refractivity contribution < 1.29 is 4.74 Å². The lowest BCUT2D eigenvalue weighted by atomic mass is 10.2. The van der Waals surface area contributed by atoms with Gasteiger partial charge in [-0.05, 0) is 32.4 Å². The maximum Gasteiger partial charge on any atom is 0.216 e. The highest BCUT2D eigenvalue weighted by molar-refractivity contribution is 5.42. The van der Waals surface area contributed by atoms with Gasteiger partial charge >= 0.3 is 0 Å². The Kier molecular flexibility index (Phi) is 2.95. The van der Waals surface area contributed by atoms with E-state index >= 15 is 0 Å². The molecule has 0 unspecified atom stereocenters. The molecule has 1 heterocycles. The van der Waals surface area contributed by atoms with Crippen LogP contribution in [0.3, 0.4) is 0 Å². The minimum atomic E-state index is 0.650. The lowest BCUT2D eigenvalue weighted by Gasteiger charge is -2.09. The Hall–Kier alpha value is -1.77. The van der Waals surface area contributed by atoms with Crippen LogP contribution >= 0.6 is 0 Å². The molecule has 0 aliphatic rings. The van der Waals surface area contributed by atoms with Crippen LogP contribution in [0.4, 0.5) is 0 Å². The molecule has 1 aromatic heterocycles. The van der Waals surface area contributed by atoms with Gasteiger partial charge in [-0.2, -0.15) is 5.10 Å². The molecule has 0 amide bonds. The van der Waals surface area contributed by atoms with E-state index in [1.54, 1.807) is 0 Å². The van der Waals surface area contributed by atoms with Crippen molar-refractivity contribution in [3.63, 3.8) is 0 Å². The largest absolute Gasteiger partial charge is 0.478 e. The summed E-state index contributed by atoms with van der Waals surface area (Å²) in [6.45, 7) is 6.67. The van der Waals surface area contributed by atoms with Gasteiger partial charge in [0.1, 0.15) is 0 Å². The molecular weight excluding hydrogens is 200 g/mol. The average Bonchev–Trinajstić information content (AvgIpc) is 2.61. The molecule has 0 spiro atoms. The Bertz CT molecular complexity index is 488. The van der Waals surface area contributed by atoms with Crippen LogP contribution in [0, 0.1) is 13.8 Å². The quantitative estimate of drug-likeness (QED) is 0.788. The fourth-order valence-corrected chi connectivity index (χ4v) is 1.70. The molecule has 1 aromatic carbocycles. The number of para-hydroxylation sites is 1. The van der Waals surface area contributed by atoms with E-state index in [1.807, 2.05) is 42.8 Å². The van der Waals surface area contributed by atoms with Crippen LogP contribution in [0.2, 0.25) is 0 Å². The highest BCUT2D eigenvalue weighted by Gasteiger charge is 2.09. The number of aryl methyl sites for hydroxylation is 2. The van der Waals surface area contributed by atoms with Gasteiger partial charge in [0.25, 0.3) is 0 Å². The van der Waals surface area contributed by atoms with Crippen LogP contribution in [0.25, 0.3) is 5.69 Å². The molecule has 0 fully saturated rings. The van der Waals surface area contributed by atoms with Gasteiger partial charge in [-0.15, -0.1) is 0 Å². The first kappa shape index (κ1) is 10.7. The number of rotatable bonds is 3. The van der Waals surface area contributed by atoms with Gasteiger partial charge in [0.2, 0.25) is 5.88 Å². The molecule has 0 saturated heterocycles. The summed E-state index contributed by atoms with van der Waals surface area (Å²) >= 11 is 0. The Balaban J connectivity index is 2.51. The summed E-state index contributed by atoms with van der Waals surface area (Å²) < 4.78 is 7.42. The van der Waals surface area contributed by atoms with E-state index in [-0.39, 0.29) is 0 Å². The molecule has 16 heavy (non-hydrogen) atoms. The van der Waals surface area contributed by atoms with Gasteiger partial charge in [0.15, 0.2) is 0 Å². The molecule has 84 valence electrons. The van der Waals surface area contributed by atoms with E-state index in [9.17, 15) is 0 Å². The molecule has 0 aliphatic heterocycles. The SMILES string of the molecule is CCOc1cc(C)nn1-c1ccccc1C. The lowest BCUT2D eigenvalue weighted by molar-refractivity contribution is 0.316. The van der Waals surface area contributed by atoms with Crippen LogP contribution in [0.5, 0.6) is 5.88 Å². The number of nitrogens with zero attached hydrogens (tertiary/aromatic N) is 2. The van der Waals surface area contributed by atoms with Crippen molar-refractivity contribution in [2.24, 2.45) is 0 Å². The predicted molar refractivity (Wildman–Crippen MR) is 64.2 cm³/mol. The third-order valence-corrected chi connectivity index (χ3v) is 2.43. The van der Waals surface area contributed by atoms with Gasteiger partial charge in [-0.3, -0.25) is 0 Å². The highest BCUT2D eigenvalue weighted by atomic mass is 16.5. The molecule has 2 aromatic rings. The second-order valence-corrected chi connectivity index (χ2v) is 3.76. The first-order valence-corrected chi connectivity index (χ1v) is 5.48. The fourth-order valence-electron chi connectivity index (χ4n) is 1.70. The maximum atomic E-state index is 5.57. The standard InChI is InChI=1S/C13H16N2O/c1-4-16-13-9-11(3)14-15(13)12-8-6-5-7-10(12)2/h5-9H,4H2,1-3H3. The normalized spacial score (nSPS) is 10.4. The summed E-state index contributed by atoms with van der Waals surface area (Å²) in [7, 11) is 0. The topological polar surface area (TPSA) is 27.1 Å². The zero-order valence-electron chi connectivity index (χ0n) is 9.90. The summed E-state index contributed by atoms with van der Waals surface area (Å²) in [5.74, 6) is 0.800. The molecule has 0 N–H and O–H groups in total. The number of hydrogen-bond acceptors (Lipinski definition) is 2. The van der Waals surface area contributed by atoms with Crippen molar-refractivity contribution >= 4 is 0 Å². The van der Waals surface area contributed by atoms with Crippen molar-refractivity contribution in [1.29, 1.82) is 0 Å². The minimum Gasteiger partial charge on any atom is -0.478 e. The Morgan fingerprint density at radius 1 is 1.25 bits per heavy atom. The second kappa shape index (κ2) is 4.39. The minimum absolute atomic E-state index is 0.650. The number of hydrogen-bond donors (Lipinski definition) is 0. The molecule has 3 nitrogen and oxygen atoms in total. The summed E-state index contributed by atoms with van der Waals surface area (Å²) in [5, 5.41) is 4.45. The number of aromatic nitrogens is 2. The zero-order valence-corrected chi connectivity index (χ0v) is 9.90. The van der Waals surface area contributed by atoms with Crippen molar-refractivity contribution in [2.45, 2.75) is 20.8 Å². The van der Waals surface area contributed by atoms with E-state index < -0.39 is 0 Å². The zero-order chi connectivity index (χ0) is 11.5. The van der Waals surface area contributed by atoms with Crippen LogP contribution in [0.1, 0.15) is 18.2 Å². The van der Waals surface area contributed by atoms with Crippen molar-refractivity contribution in [3.8, 4) is 11.6 Å². The molecule has 0 bridgehead atoms. The van der Waals surface area contributed by atoms with Crippen molar-refractivity contribution in [1.82, 2.24) is 9.78 Å². The molecule has 0 atom stereocenters. The number of ether oxygens (including phenoxy) is 1. The first-order chi connectivity index (χ1) is 7.72. The van der Waals surface area contributed by atoms with E-state index in [0.29, 0.717) is 6.61 Å². The van der Waals surface area contributed by atoms with Gasteiger partial charge in [-0.1, -0.05) is 18.2 Å². The first-order valence-electron chi connectivity index (χ1n) is 5.48. The summed E-state index contributed by atoms with van der Waals surface area (Å²) in [5.41, 5.74) is 3.22. The summed E-state index contributed by atoms with van der Waals surface area (Å²) in [6.07, 6.45) is 0. The van der Waals surface area contributed by atoms with Gasteiger partial charge in [0.05, 0.1) is 18.0 Å². The summed E-state index contributed by atoms with van der Waals surface area (Å²) in [6, 6.07) is 10.1. The Morgan fingerprint density at radius 2 is 2.00 bits per heavy atom. The van der Waals surface area contributed by atoms with Gasteiger partial charge < -0.3 is 4.74 Å². The van der Waals surface area contributed by atoms with E-state index in [4.69, 9.17) is 4.74 Å². The Labute approximate surface area is 95.7 Å². The smallest absolute Gasteiger partial charge is 0.216 e. The van der Waals surface area contributed by atoms with Gasteiger partial charge in [0, 0.05) is 6.07 Å². The third kappa shape index (κ3) is 1.94. The lowest BCUT2D eigenvalue weighted by Crippen LogP contribution is -2.03. The second-order valence-electron chi connectivity index (χ2n) is 3.76. The van der Waals surface area contributed by atoms with Crippen LogP contribution in [-0.4, -0.2) is 16.4 Å². The molecule has 0 aliphatic carbocycles. The summed E-state index contributed by atoms with van der Waals surface area (Å²) in [4.78, 5) is 0. The number of benzene rings is 1. The Morgan fingerprint density at radius 3 is 2.69 bits per heavy atom. The van der Waals surface area contributed by atoms with E-state index in [1.165, 1.54) is 5.56 Å². The van der Waals surface area contributed by atoms with Crippen LogP contribution in [0.15, 0.2) is 30.3 Å². The molecule has 0 saturated carbocycles. The fraction of sp³-hybridized carbons (Fsp3) is 0.308. The van der Waals surface area contributed by atoms with Crippen molar-refractivity contribution in [3.05, 3.63) is 41.6 Å². The monoisotopic (exact) mass is 216 g/mol. The molecule has 0 radical (unpaired) electrons. The predicted octanol–water partition coefficient (Wildman–Crippen LogP) is 2.89. The maximum absolute atomic E-state index is 5.57. The molecule has 2 rings (SSSR count). The molecular formula is C13H16N2O. The van der Waals surface area contributed by atoms with Crippen molar-refractivity contribution in [2.75, 3.05) is 6.61 Å². The van der Waals surface area contributed by atoms with E-state index in [2.05, 4.69) is 18.1 Å². The van der Waals surface area contributed by atoms with Crippen LogP contribution < -0.4 is 4.74 Å². The average molecular weight is 216 g/mol. The van der Waals surface area contributed by atoms with Gasteiger partial charge in [-0.25, -0.2) is 4.68 Å². The van der Waals surface area contributed by atoms with Crippen LogP contribution in [-0.2, 0) is 0 Å². The van der Waals surface area contributed by atoms with E-state index in [0.717, 1.165) is 17.3 Å². The highest BCUT2D eigenvalue weighted by Crippen LogP contribution is 2.21.